The van der Waals surface area contributed by atoms with E-state index in [1.807, 2.05) is 0 Å². The zero-order valence-electron chi connectivity index (χ0n) is 60.0. The molecule has 13 atom stereocenters. The van der Waals surface area contributed by atoms with Gasteiger partial charge in [-0.05, 0) is 100 Å². The molecule has 1 aromatic rings. The molecule has 23 N–H and O–H groups in total. The Hall–Kier alpha value is -10.0. The lowest BCUT2D eigenvalue weighted by atomic mass is 10.0. The van der Waals surface area contributed by atoms with E-state index in [2.05, 4.69) is 94.4 Å². The van der Waals surface area contributed by atoms with Crippen LogP contribution in [0.4, 0.5) is 0 Å². The first kappa shape index (κ1) is 93.0. The Bertz CT molecular complexity index is 3370. The molecule has 0 radical (unpaired) electrons. The molecule has 0 aromatic heterocycles. The number of carbonyl (C=O) groups excluding carboxylic acids is 16. The second kappa shape index (κ2) is 46.8. The maximum Gasteiger partial charge on any atom is 0.326 e. The molecule has 13 unspecified atom stereocenters. The molecule has 0 spiro atoms. The smallest absolute Gasteiger partial charge is 0.326 e. The summed E-state index contributed by atoms with van der Waals surface area (Å²) in [5.74, 6) is -22.0. The normalized spacial score (nSPS) is 15.8. The van der Waals surface area contributed by atoms with Crippen LogP contribution in [0.5, 0.6) is 5.75 Å². The number of carbonyl (C=O) groups is 19. The fourth-order valence-electron chi connectivity index (χ4n) is 10.2. The molecule has 107 heavy (non-hydrogen) atoms. The minimum atomic E-state index is -1.96. The molecule has 40 nitrogen and oxygen atoms in total. The van der Waals surface area contributed by atoms with E-state index in [0.29, 0.717) is 5.56 Å². The molecular weight excluding hydrogens is 1470 g/mol. The van der Waals surface area contributed by atoms with Crippen LogP contribution >= 0.6 is 37.0 Å². The van der Waals surface area contributed by atoms with Crippen molar-refractivity contribution < 1.29 is 112 Å². The van der Waals surface area contributed by atoms with Gasteiger partial charge >= 0.3 is 17.9 Å². The predicted octanol–water partition coefficient (Wildman–Crippen LogP) is -7.26. The Morgan fingerprint density at radius 2 is 0.907 bits per heavy atom. The van der Waals surface area contributed by atoms with E-state index in [0.717, 1.165) is 6.92 Å². The number of carboxylic acid groups (broad SMARTS) is 3. The SMILES string of the molecule is CSCCC(NC(=O)C1CCCN1C(=O)C(NC(=O)C(CCC(N)=O)NC(=O)CNC(=O)C(N)Cc1ccc(O)cc1)C(C)C)C(=O)NC(CS)C(=O)NC(CC(=O)O)C(=O)NC(C)C(=O)NCC(=O)NC(CCC(=O)O)C(=O)NC(CCC(N)=O)C(=O)NC(CS)C(=O)NC(C)C(=O)NC(C(=O)O)C(C)C. The van der Waals surface area contributed by atoms with Gasteiger partial charge < -0.3 is 112 Å². The quantitative estimate of drug-likeness (QED) is 0.0270. The fourth-order valence-corrected chi connectivity index (χ4v) is 11.2. The number of rotatable bonds is 48. The number of thioether (sulfide) groups is 1. The number of aromatic hydroxyl groups is 1. The third-order valence-electron chi connectivity index (χ3n) is 16.2. The van der Waals surface area contributed by atoms with Gasteiger partial charge in [0.25, 0.3) is 0 Å². The lowest BCUT2D eigenvalue weighted by Gasteiger charge is -2.32. The molecule has 2 rings (SSSR count). The number of nitrogens with two attached hydrogens (primary N) is 3. The molecule has 596 valence electrons. The van der Waals surface area contributed by atoms with Crippen molar-refractivity contribution in [2.75, 3.05) is 43.1 Å². The first-order valence-electron chi connectivity index (χ1n) is 33.8. The van der Waals surface area contributed by atoms with E-state index in [1.54, 1.807) is 32.2 Å². The van der Waals surface area contributed by atoms with Gasteiger partial charge in [-0.15, -0.1) is 0 Å². The number of amides is 16. The molecule has 1 aromatic carbocycles. The number of hydrogen-bond acceptors (Lipinski definition) is 24. The number of benzene rings is 1. The monoisotopic (exact) mass is 1570 g/mol. The first-order chi connectivity index (χ1) is 50.1. The summed E-state index contributed by atoms with van der Waals surface area (Å²) >= 11 is 9.52. The van der Waals surface area contributed by atoms with Crippen molar-refractivity contribution in [2.45, 2.75) is 191 Å². The topological polar surface area (TPSA) is 643 Å². The van der Waals surface area contributed by atoms with Crippen LogP contribution in [0.15, 0.2) is 24.3 Å². The maximum absolute atomic E-state index is 14.4. The molecule has 0 saturated carbocycles. The molecule has 0 aliphatic carbocycles. The molecule has 1 heterocycles. The second-order valence-corrected chi connectivity index (χ2v) is 27.3. The number of likely N-dealkylation sites (tertiary alicyclic amines) is 1. The summed E-state index contributed by atoms with van der Waals surface area (Å²) in [4.78, 5) is 250. The number of nitrogens with zero attached hydrogens (tertiary/aromatic N) is 1. The Balaban J connectivity index is 2.19. The van der Waals surface area contributed by atoms with Crippen molar-refractivity contribution in [1.82, 2.24) is 74.0 Å². The molecule has 1 aliphatic rings. The van der Waals surface area contributed by atoms with Gasteiger partial charge in [-0.3, -0.25) is 86.3 Å². The summed E-state index contributed by atoms with van der Waals surface area (Å²) < 4.78 is 0. The number of hydrogen-bond donors (Lipinski definition) is 22. The van der Waals surface area contributed by atoms with Crippen molar-refractivity contribution >= 4 is 149 Å². The van der Waals surface area contributed by atoms with E-state index >= 15 is 0 Å². The van der Waals surface area contributed by atoms with E-state index in [4.69, 9.17) is 17.2 Å². The Kier molecular flexibility index (Phi) is 40.7. The highest BCUT2D eigenvalue weighted by Crippen LogP contribution is 2.22. The number of phenolic OH excluding ortho intramolecular Hbond substituents is 1. The third kappa shape index (κ3) is 33.5. The molecular formula is C64H99N17O23S3. The highest BCUT2D eigenvalue weighted by Gasteiger charge is 2.42. The lowest BCUT2D eigenvalue weighted by molar-refractivity contribution is -0.143. The van der Waals surface area contributed by atoms with Gasteiger partial charge in [0.15, 0.2) is 0 Å². The number of nitrogens with one attached hydrogen (secondary N) is 13. The van der Waals surface area contributed by atoms with Crippen molar-refractivity contribution in [3.8, 4) is 5.75 Å². The Morgan fingerprint density at radius 1 is 0.495 bits per heavy atom. The van der Waals surface area contributed by atoms with Crippen LogP contribution in [-0.2, 0) is 97.5 Å². The minimum Gasteiger partial charge on any atom is -0.508 e. The van der Waals surface area contributed by atoms with Crippen LogP contribution < -0.4 is 86.3 Å². The Labute approximate surface area is 630 Å². The standard InChI is InChI=1S/C64H99N17O23S3/c1-29(2)50(79-58(97)36(14-17-44(66)83)72-47(86)26-69-54(93)35(65)23-33-10-12-34(82)13-11-33)63(102)81-21-8-9-43(81)62(101)75-39(20-22-107-7)57(96)78-42(28-106)61(100)76-40(24-49(89)90)59(98)70-31(5)52(91)68-25-46(85)73-37(16-19-48(87)88)55(94)74-38(15-18-45(67)84)56(95)77-41(27-105)60(99)71-32(6)53(92)80-51(30(3)4)64(103)104/h10-13,29-32,35-43,50-51,82,105-106H,8-9,14-28,65H2,1-7H3,(H2,66,83)(H2,67,84)(H,68,91)(H,69,93)(H,70,98)(H,71,99)(H,72,86)(H,73,85)(H,74,94)(H,75,101)(H,76,100)(H,77,95)(H,78,96)(H,79,97)(H,80,92)(H,87,88)(H,89,90)(H,103,104). The van der Waals surface area contributed by atoms with E-state index in [9.17, 15) is 112 Å². The molecule has 16 amide bonds. The van der Waals surface area contributed by atoms with Gasteiger partial charge in [0.1, 0.15) is 78.3 Å². The lowest BCUT2D eigenvalue weighted by Crippen LogP contribution is -2.61. The number of aliphatic carboxylic acids is 3. The van der Waals surface area contributed by atoms with Crippen LogP contribution in [0.2, 0.25) is 0 Å². The number of primary amides is 2. The zero-order valence-corrected chi connectivity index (χ0v) is 62.6. The average molecular weight is 1570 g/mol. The summed E-state index contributed by atoms with van der Waals surface area (Å²) in [7, 11) is 0. The van der Waals surface area contributed by atoms with Crippen LogP contribution in [-0.4, -0.2) is 259 Å². The highest BCUT2D eigenvalue weighted by molar-refractivity contribution is 7.98. The molecule has 1 saturated heterocycles. The molecule has 1 fully saturated rings. The summed E-state index contributed by atoms with van der Waals surface area (Å²) in [6.07, 6.45) is -2.21. The molecule has 0 bridgehead atoms. The highest BCUT2D eigenvalue weighted by atomic mass is 32.2. The van der Waals surface area contributed by atoms with Gasteiger partial charge in [0.2, 0.25) is 94.5 Å². The minimum absolute atomic E-state index is 0.00118. The van der Waals surface area contributed by atoms with Crippen molar-refractivity contribution in [3.05, 3.63) is 29.8 Å². The van der Waals surface area contributed by atoms with E-state index in [-0.39, 0.29) is 56.6 Å². The fraction of sp³-hybridized carbons (Fsp3) is 0.609. The van der Waals surface area contributed by atoms with Crippen LogP contribution in [0.1, 0.15) is 111 Å². The summed E-state index contributed by atoms with van der Waals surface area (Å²) in [6, 6.07) is -13.5. The van der Waals surface area contributed by atoms with Crippen LogP contribution in [0.3, 0.4) is 0 Å². The van der Waals surface area contributed by atoms with Gasteiger partial charge in [-0.25, -0.2) is 4.79 Å². The summed E-state index contributed by atoms with van der Waals surface area (Å²) in [5.41, 5.74) is 17.3. The van der Waals surface area contributed by atoms with Crippen molar-refractivity contribution in [3.63, 3.8) is 0 Å². The van der Waals surface area contributed by atoms with Gasteiger partial charge in [-0.2, -0.15) is 37.0 Å². The largest absolute Gasteiger partial charge is 0.508 e. The van der Waals surface area contributed by atoms with E-state index in [1.165, 1.54) is 49.6 Å². The number of thiol groups is 2. The second-order valence-electron chi connectivity index (χ2n) is 25.6. The maximum atomic E-state index is 14.4. The van der Waals surface area contributed by atoms with Gasteiger partial charge in [-0.1, -0.05) is 39.8 Å². The molecule has 43 heteroatoms. The first-order valence-corrected chi connectivity index (χ1v) is 36.5. The summed E-state index contributed by atoms with van der Waals surface area (Å²) in [6.45, 7) is 6.95. The predicted molar refractivity (Wildman–Crippen MR) is 387 cm³/mol. The third-order valence-corrected chi connectivity index (χ3v) is 17.6. The van der Waals surface area contributed by atoms with Crippen LogP contribution in [0.25, 0.3) is 0 Å². The number of phenols is 1. The zero-order chi connectivity index (χ0) is 81.1. The van der Waals surface area contributed by atoms with Crippen molar-refractivity contribution in [2.24, 2.45) is 29.0 Å². The summed E-state index contributed by atoms with van der Waals surface area (Å²) in [5, 5.41) is 68.5. The Morgan fingerprint density at radius 3 is 1.36 bits per heavy atom. The van der Waals surface area contributed by atoms with Crippen LogP contribution in [0, 0.1) is 11.8 Å². The average Bonchev–Trinajstić information content (AvgIpc) is 1.74. The number of carboxylic acids is 3. The van der Waals surface area contributed by atoms with E-state index < -0.39 is 260 Å². The van der Waals surface area contributed by atoms with Crippen molar-refractivity contribution in [1.29, 1.82) is 0 Å². The molecule has 1 aliphatic heterocycles. The van der Waals surface area contributed by atoms with Gasteiger partial charge in [0.05, 0.1) is 25.6 Å². The van der Waals surface area contributed by atoms with Gasteiger partial charge in [0, 0.05) is 37.3 Å².